The number of hydrogen-bond acceptors (Lipinski definition) is 2. The van der Waals surface area contributed by atoms with E-state index < -0.39 is 0 Å². The molecule has 0 aromatic heterocycles. The van der Waals surface area contributed by atoms with Crippen LogP contribution in [0.15, 0.2) is 24.3 Å². The zero-order chi connectivity index (χ0) is 13.0. The fourth-order valence-corrected chi connectivity index (χ4v) is 2.46. The van der Waals surface area contributed by atoms with Gasteiger partial charge in [-0.15, -0.1) is 0 Å². The van der Waals surface area contributed by atoms with Crippen LogP contribution in [-0.4, -0.2) is 18.3 Å². The highest BCUT2D eigenvalue weighted by molar-refractivity contribution is 6.62. The first-order valence-electron chi connectivity index (χ1n) is 6.85. The molecule has 1 saturated carbocycles. The Labute approximate surface area is 110 Å². The summed E-state index contributed by atoms with van der Waals surface area (Å²) in [7, 11) is -0.216. The van der Waals surface area contributed by atoms with E-state index >= 15 is 0 Å². The number of benzene rings is 1. The van der Waals surface area contributed by atoms with Gasteiger partial charge in [-0.05, 0) is 57.5 Å². The van der Waals surface area contributed by atoms with E-state index in [1.165, 1.54) is 23.9 Å². The van der Waals surface area contributed by atoms with E-state index in [1.54, 1.807) is 0 Å². The molecule has 0 atom stereocenters. The minimum atomic E-state index is -0.256. The summed E-state index contributed by atoms with van der Waals surface area (Å²) >= 11 is 0. The average Bonchev–Trinajstić information content (AvgIpc) is 3.08. The fraction of sp³-hybridized carbons (Fsp3) is 0.600. The molecule has 1 saturated heterocycles. The van der Waals surface area contributed by atoms with Gasteiger partial charge in [-0.2, -0.15) is 0 Å². The Morgan fingerprint density at radius 3 is 2.11 bits per heavy atom. The fourth-order valence-electron chi connectivity index (χ4n) is 2.46. The largest absolute Gasteiger partial charge is 0.495 e. The van der Waals surface area contributed by atoms with Crippen LogP contribution in [0.2, 0.25) is 0 Å². The van der Waals surface area contributed by atoms with Gasteiger partial charge in [-0.3, -0.25) is 0 Å². The molecule has 3 heteroatoms. The minimum absolute atomic E-state index is 0.216. The highest BCUT2D eigenvalue weighted by atomic mass is 16.7. The molecule has 1 aromatic carbocycles. The van der Waals surface area contributed by atoms with Crippen molar-refractivity contribution in [2.45, 2.75) is 57.7 Å². The van der Waals surface area contributed by atoms with Crippen molar-refractivity contribution in [1.29, 1.82) is 0 Å². The third kappa shape index (κ3) is 1.90. The molecular weight excluding hydrogens is 223 g/mol. The molecule has 0 N–H and O–H groups in total. The molecule has 1 aromatic rings. The van der Waals surface area contributed by atoms with E-state index in [0.717, 1.165) is 5.92 Å². The maximum absolute atomic E-state index is 6.15. The van der Waals surface area contributed by atoms with E-state index in [2.05, 4.69) is 52.0 Å². The molecule has 18 heavy (non-hydrogen) atoms. The Kier molecular flexibility index (Phi) is 2.62. The van der Waals surface area contributed by atoms with Crippen LogP contribution in [0.5, 0.6) is 0 Å². The van der Waals surface area contributed by atoms with Crippen LogP contribution in [0.1, 0.15) is 52.0 Å². The van der Waals surface area contributed by atoms with Gasteiger partial charge in [0, 0.05) is 0 Å². The minimum Gasteiger partial charge on any atom is -0.399 e. The van der Waals surface area contributed by atoms with Gasteiger partial charge in [-0.25, -0.2) is 0 Å². The molecule has 0 radical (unpaired) electrons. The summed E-state index contributed by atoms with van der Waals surface area (Å²) in [6, 6.07) is 8.56. The lowest BCUT2D eigenvalue weighted by Gasteiger charge is -2.32. The monoisotopic (exact) mass is 244 g/mol. The van der Waals surface area contributed by atoms with Gasteiger partial charge in [0.15, 0.2) is 0 Å². The second-order valence-electron chi connectivity index (χ2n) is 6.49. The molecule has 2 nitrogen and oxygen atoms in total. The van der Waals surface area contributed by atoms with Gasteiger partial charge in [0.05, 0.1) is 11.2 Å². The predicted molar refractivity (Wildman–Crippen MR) is 74.1 cm³/mol. The van der Waals surface area contributed by atoms with E-state index in [-0.39, 0.29) is 18.3 Å². The van der Waals surface area contributed by atoms with E-state index in [0.29, 0.717) is 0 Å². The van der Waals surface area contributed by atoms with Crippen LogP contribution in [0.25, 0.3) is 0 Å². The molecular formula is C15H21BO2. The Bertz CT molecular complexity index is 447. The van der Waals surface area contributed by atoms with Gasteiger partial charge >= 0.3 is 7.12 Å². The predicted octanol–water partition coefficient (Wildman–Crippen LogP) is 2.86. The Morgan fingerprint density at radius 2 is 1.56 bits per heavy atom. The van der Waals surface area contributed by atoms with Crippen molar-refractivity contribution in [3.63, 3.8) is 0 Å². The van der Waals surface area contributed by atoms with Gasteiger partial charge in [0.1, 0.15) is 0 Å². The second kappa shape index (κ2) is 3.85. The first-order valence-corrected chi connectivity index (χ1v) is 6.85. The quantitative estimate of drug-likeness (QED) is 0.745. The summed E-state index contributed by atoms with van der Waals surface area (Å²) in [5.74, 6) is 0.722. The average molecular weight is 244 g/mol. The maximum atomic E-state index is 6.15. The van der Waals surface area contributed by atoms with Crippen molar-refractivity contribution >= 4 is 12.6 Å². The third-order valence-corrected chi connectivity index (χ3v) is 4.52. The summed E-state index contributed by atoms with van der Waals surface area (Å²) in [5.41, 5.74) is 2.12. The SMILES string of the molecule is CC1(C)OB(c2ccccc2C2CC2)OC1(C)C. The normalized spacial score (nSPS) is 25.4. The van der Waals surface area contributed by atoms with Crippen molar-refractivity contribution in [2.75, 3.05) is 0 Å². The van der Waals surface area contributed by atoms with Crippen LogP contribution in [0.3, 0.4) is 0 Å². The zero-order valence-corrected chi connectivity index (χ0v) is 11.7. The molecule has 0 spiro atoms. The van der Waals surface area contributed by atoms with E-state index in [1.807, 2.05) is 0 Å². The second-order valence-corrected chi connectivity index (χ2v) is 6.49. The lowest BCUT2D eigenvalue weighted by Crippen LogP contribution is -2.41. The molecule has 2 fully saturated rings. The first-order chi connectivity index (χ1) is 8.41. The van der Waals surface area contributed by atoms with Gasteiger partial charge in [-0.1, -0.05) is 24.3 Å². The van der Waals surface area contributed by atoms with Gasteiger partial charge in [0.25, 0.3) is 0 Å². The molecule has 1 aliphatic carbocycles. The standard InChI is InChI=1S/C15H21BO2/c1-14(2)15(3,4)18-16(17-14)13-8-6-5-7-12(13)11-9-10-11/h5-8,11H,9-10H2,1-4H3. The topological polar surface area (TPSA) is 18.5 Å². The highest BCUT2D eigenvalue weighted by Crippen LogP contribution is 2.41. The molecule has 0 unspecified atom stereocenters. The van der Waals surface area contributed by atoms with Crippen molar-refractivity contribution < 1.29 is 9.31 Å². The third-order valence-electron chi connectivity index (χ3n) is 4.52. The summed E-state index contributed by atoms with van der Waals surface area (Å²) in [6.45, 7) is 8.42. The van der Waals surface area contributed by atoms with E-state index in [9.17, 15) is 0 Å². The number of rotatable bonds is 2. The molecule has 2 aliphatic rings. The number of hydrogen-bond donors (Lipinski definition) is 0. The maximum Gasteiger partial charge on any atom is 0.495 e. The zero-order valence-electron chi connectivity index (χ0n) is 11.7. The van der Waals surface area contributed by atoms with Crippen LogP contribution in [-0.2, 0) is 9.31 Å². The first kappa shape index (κ1) is 12.2. The summed E-state index contributed by atoms with van der Waals surface area (Å²) in [6.07, 6.45) is 2.60. The molecule has 3 rings (SSSR count). The Morgan fingerprint density at radius 1 is 1.00 bits per heavy atom. The smallest absolute Gasteiger partial charge is 0.399 e. The summed E-state index contributed by atoms with van der Waals surface area (Å²) in [4.78, 5) is 0. The molecule has 0 amide bonds. The molecule has 1 aliphatic heterocycles. The Hall–Kier alpha value is -0.795. The van der Waals surface area contributed by atoms with Crippen molar-refractivity contribution in [1.82, 2.24) is 0 Å². The van der Waals surface area contributed by atoms with Crippen LogP contribution >= 0.6 is 0 Å². The molecule has 0 bridgehead atoms. The highest BCUT2D eigenvalue weighted by Gasteiger charge is 2.52. The van der Waals surface area contributed by atoms with Crippen molar-refractivity contribution in [3.8, 4) is 0 Å². The van der Waals surface area contributed by atoms with Crippen LogP contribution in [0, 0.1) is 0 Å². The van der Waals surface area contributed by atoms with Gasteiger partial charge in [0.2, 0.25) is 0 Å². The van der Waals surface area contributed by atoms with Crippen molar-refractivity contribution in [3.05, 3.63) is 29.8 Å². The van der Waals surface area contributed by atoms with E-state index in [4.69, 9.17) is 9.31 Å². The molecule has 96 valence electrons. The van der Waals surface area contributed by atoms with Gasteiger partial charge < -0.3 is 9.31 Å². The summed E-state index contributed by atoms with van der Waals surface area (Å²) in [5, 5.41) is 0. The lowest BCUT2D eigenvalue weighted by atomic mass is 9.75. The lowest BCUT2D eigenvalue weighted by molar-refractivity contribution is 0.00578. The van der Waals surface area contributed by atoms with Crippen LogP contribution < -0.4 is 5.46 Å². The van der Waals surface area contributed by atoms with Crippen LogP contribution in [0.4, 0.5) is 0 Å². The molecule has 1 heterocycles. The summed E-state index contributed by atoms with van der Waals surface area (Å²) < 4.78 is 12.3. The Balaban J connectivity index is 1.93. The van der Waals surface area contributed by atoms with Crippen molar-refractivity contribution in [2.24, 2.45) is 0 Å².